The summed E-state index contributed by atoms with van der Waals surface area (Å²) in [6.07, 6.45) is -1.74. The minimum Gasteiger partial charge on any atom is -0.445 e. The second kappa shape index (κ2) is 20.3. The lowest BCUT2D eigenvalue weighted by Gasteiger charge is -2.40. The molecule has 6 unspecified atom stereocenters. The average Bonchev–Trinajstić information content (AvgIpc) is 3.12. The maximum atomic E-state index is 14.0. The first-order chi connectivity index (χ1) is 23.8. The van der Waals surface area contributed by atoms with E-state index >= 15 is 0 Å². The molecule has 2 rings (SSSR count). The zero-order chi connectivity index (χ0) is 37.5. The molecular formula is C36H58N8O6. The second-order valence-electron chi connectivity index (χ2n) is 12.6. The molecule has 0 heterocycles. The molecule has 10 N–H and O–H groups in total. The Hall–Kier alpha value is -3.60. The van der Waals surface area contributed by atoms with Crippen molar-refractivity contribution in [1.82, 2.24) is 31.9 Å². The lowest BCUT2D eigenvalue weighted by molar-refractivity contribution is -0.182. The highest BCUT2D eigenvalue weighted by molar-refractivity contribution is 6.30. The minimum atomic E-state index is -1.67. The molecular weight excluding hydrogens is 640 g/mol. The van der Waals surface area contributed by atoms with Gasteiger partial charge >= 0.3 is 11.9 Å². The van der Waals surface area contributed by atoms with Crippen molar-refractivity contribution in [2.45, 2.75) is 87.2 Å². The molecule has 0 aliphatic rings. The van der Waals surface area contributed by atoms with Crippen LogP contribution in [0.4, 0.5) is 0 Å². The van der Waals surface area contributed by atoms with Gasteiger partial charge in [0.1, 0.15) is 0 Å². The van der Waals surface area contributed by atoms with Crippen molar-refractivity contribution in [2.24, 2.45) is 11.5 Å². The van der Waals surface area contributed by atoms with Gasteiger partial charge in [-0.05, 0) is 80.1 Å². The fourth-order valence-electron chi connectivity index (χ4n) is 6.11. The highest BCUT2D eigenvalue weighted by Gasteiger charge is 2.50. The number of carbonyl (C=O) groups excluding carboxylic acids is 4. The van der Waals surface area contributed by atoms with Gasteiger partial charge in [-0.15, -0.1) is 0 Å². The van der Waals surface area contributed by atoms with Gasteiger partial charge in [0.2, 0.25) is 0 Å². The maximum Gasteiger partial charge on any atom is 0.418 e. The third-order valence-corrected chi connectivity index (χ3v) is 9.26. The van der Waals surface area contributed by atoms with Crippen molar-refractivity contribution in [2.75, 3.05) is 42.3 Å². The van der Waals surface area contributed by atoms with Crippen molar-refractivity contribution < 1.29 is 28.7 Å². The van der Waals surface area contributed by atoms with Crippen LogP contribution in [-0.2, 0) is 28.7 Å². The summed E-state index contributed by atoms with van der Waals surface area (Å²) in [5.41, 5.74) is 10.2. The molecule has 2 aromatic carbocycles. The van der Waals surface area contributed by atoms with Crippen molar-refractivity contribution in [1.29, 1.82) is 0 Å². The molecule has 14 heteroatoms. The zero-order valence-electron chi connectivity index (χ0n) is 30.7. The molecule has 0 aliphatic carbocycles. The van der Waals surface area contributed by atoms with Gasteiger partial charge in [0.15, 0.2) is 35.1 Å². The maximum absolute atomic E-state index is 14.0. The van der Waals surface area contributed by atoms with Crippen LogP contribution in [0.25, 0.3) is 0 Å². The molecule has 0 aromatic heterocycles. The molecule has 0 saturated carbocycles. The predicted octanol–water partition coefficient (Wildman–Crippen LogP) is 0.395. The highest BCUT2D eigenvalue weighted by atomic mass is 16.6. The van der Waals surface area contributed by atoms with Crippen LogP contribution in [0.5, 0.6) is 0 Å². The van der Waals surface area contributed by atoms with E-state index in [1.807, 2.05) is 27.9 Å². The summed E-state index contributed by atoms with van der Waals surface area (Å²) < 4.78 is 11.8. The molecule has 6 atom stereocenters. The Labute approximate surface area is 296 Å². The van der Waals surface area contributed by atoms with Gasteiger partial charge in [-0.3, -0.25) is 30.9 Å². The van der Waals surface area contributed by atoms with Crippen LogP contribution >= 0.6 is 0 Å². The second-order valence-corrected chi connectivity index (χ2v) is 12.6. The van der Waals surface area contributed by atoms with E-state index in [4.69, 9.17) is 20.9 Å². The quantitative estimate of drug-likeness (QED) is 0.0476. The standard InChI is InChI=1S/C36H58N8O6/c1-23(39-3)19-27(37)21-29(45)35(41-5,42-6)31(25-15-11-9-12-16-25)49-33(47)34(48)50-32(26-17-13-10-14-18-26)36(43-7,44-8)30(46)22-28(38)20-24(2)40-4/h9-18,23-24,27-28,31-32,39-44H,19-22,37-38H2,1-8H3. The van der Waals surface area contributed by atoms with Crippen LogP contribution in [0.15, 0.2) is 60.7 Å². The molecule has 0 fully saturated rings. The molecule has 0 bridgehead atoms. The number of ketones is 2. The number of nitrogens with two attached hydrogens (primary N) is 2. The zero-order valence-corrected chi connectivity index (χ0v) is 30.7. The average molecular weight is 699 g/mol. The van der Waals surface area contributed by atoms with E-state index in [1.165, 1.54) is 0 Å². The van der Waals surface area contributed by atoms with Gasteiger partial charge in [0.25, 0.3) is 0 Å². The number of Topliss-reactive ketones (excluding diaryl/α,β-unsaturated/α-hetero) is 2. The Morgan fingerprint density at radius 1 is 0.580 bits per heavy atom. The van der Waals surface area contributed by atoms with Gasteiger partial charge in [-0.1, -0.05) is 60.7 Å². The number of hydrogen-bond donors (Lipinski definition) is 8. The minimum absolute atomic E-state index is 0.0562. The van der Waals surface area contributed by atoms with E-state index in [2.05, 4.69) is 31.9 Å². The van der Waals surface area contributed by atoms with Crippen molar-refractivity contribution in [3.05, 3.63) is 71.8 Å². The Morgan fingerprint density at radius 3 is 1.14 bits per heavy atom. The summed E-state index contributed by atoms with van der Waals surface area (Å²) >= 11 is 0. The third-order valence-electron chi connectivity index (χ3n) is 9.26. The number of esters is 2. The van der Waals surface area contributed by atoms with E-state index in [9.17, 15) is 19.2 Å². The molecule has 0 radical (unpaired) electrons. The van der Waals surface area contributed by atoms with Gasteiger partial charge in [-0.2, -0.15) is 0 Å². The van der Waals surface area contributed by atoms with Crippen LogP contribution in [-0.4, -0.2) is 101 Å². The fraction of sp³-hybridized carbons (Fsp3) is 0.556. The molecule has 0 spiro atoms. The SMILES string of the molecule is CNC(C)CC(N)CC(=O)C(NC)(NC)C(OC(=O)C(=O)OC(c1ccccc1)C(NC)(NC)C(=O)CC(N)CC(C)NC)c1ccccc1. The van der Waals surface area contributed by atoms with Crippen molar-refractivity contribution >= 4 is 23.5 Å². The number of ether oxygens (including phenoxy) is 2. The summed E-state index contributed by atoms with van der Waals surface area (Å²) in [5.74, 6) is -3.50. The molecule has 50 heavy (non-hydrogen) atoms. The van der Waals surface area contributed by atoms with Crippen LogP contribution in [0, 0.1) is 0 Å². The predicted molar refractivity (Wildman–Crippen MR) is 194 cm³/mol. The number of rotatable bonds is 22. The molecule has 0 saturated heterocycles. The van der Waals surface area contributed by atoms with Gasteiger partial charge in [0, 0.05) is 37.0 Å². The van der Waals surface area contributed by atoms with E-state index in [0.29, 0.717) is 24.0 Å². The summed E-state index contributed by atoms with van der Waals surface area (Å²) in [6.45, 7) is 3.92. The van der Waals surface area contributed by atoms with Crippen molar-refractivity contribution in [3.8, 4) is 0 Å². The molecule has 14 nitrogen and oxygen atoms in total. The van der Waals surface area contributed by atoms with E-state index in [1.54, 1.807) is 88.9 Å². The first-order valence-corrected chi connectivity index (χ1v) is 17.0. The van der Waals surface area contributed by atoms with Crippen LogP contribution in [0.3, 0.4) is 0 Å². The topological polar surface area (TPSA) is 211 Å². The third kappa shape index (κ3) is 10.7. The largest absolute Gasteiger partial charge is 0.445 e. The highest BCUT2D eigenvalue weighted by Crippen LogP contribution is 2.33. The van der Waals surface area contributed by atoms with Crippen LogP contribution in [0.2, 0.25) is 0 Å². The summed E-state index contributed by atoms with van der Waals surface area (Å²) in [7, 11) is 9.81. The molecule has 0 amide bonds. The smallest absolute Gasteiger partial charge is 0.418 e. The normalized spacial score (nSPS) is 15.6. The first kappa shape index (κ1) is 42.6. The summed E-state index contributed by atoms with van der Waals surface area (Å²) in [6, 6.07) is 16.3. The number of carbonyl (C=O) groups is 4. The van der Waals surface area contributed by atoms with E-state index in [0.717, 1.165) is 0 Å². The Bertz CT molecular complexity index is 1250. The Morgan fingerprint density at radius 2 is 0.880 bits per heavy atom. The summed E-state index contributed by atoms with van der Waals surface area (Å²) in [5, 5.41) is 18.2. The van der Waals surface area contributed by atoms with Crippen LogP contribution < -0.4 is 43.4 Å². The van der Waals surface area contributed by atoms with E-state index in [-0.39, 0.29) is 36.5 Å². The molecule has 0 aliphatic heterocycles. The number of likely N-dealkylation sites (N-methyl/N-ethyl adjacent to an activating group) is 4. The molecule has 278 valence electrons. The van der Waals surface area contributed by atoms with Gasteiger partial charge in [0.05, 0.1) is 0 Å². The lowest BCUT2D eigenvalue weighted by Crippen LogP contribution is -2.66. The van der Waals surface area contributed by atoms with Crippen molar-refractivity contribution in [3.63, 3.8) is 0 Å². The fourth-order valence-corrected chi connectivity index (χ4v) is 6.11. The monoisotopic (exact) mass is 698 g/mol. The summed E-state index contributed by atoms with van der Waals surface area (Å²) in [4.78, 5) is 55.5. The Kier molecular flexibility index (Phi) is 17.3. The van der Waals surface area contributed by atoms with E-state index < -0.39 is 47.6 Å². The number of hydrogen-bond acceptors (Lipinski definition) is 14. The number of nitrogens with one attached hydrogen (secondary N) is 6. The molecule has 2 aromatic rings. The first-order valence-electron chi connectivity index (χ1n) is 17.0. The Balaban J connectivity index is 2.52. The van der Waals surface area contributed by atoms with Crippen LogP contribution in [0.1, 0.15) is 62.9 Å². The number of benzene rings is 2. The lowest BCUT2D eigenvalue weighted by atomic mass is 9.87. The van der Waals surface area contributed by atoms with Gasteiger partial charge in [-0.25, -0.2) is 9.59 Å². The van der Waals surface area contributed by atoms with Gasteiger partial charge < -0.3 is 31.6 Å².